The number of pyridine rings is 1. The molecule has 30 heavy (non-hydrogen) atoms. The summed E-state index contributed by atoms with van der Waals surface area (Å²) in [5.74, 6) is -0.847. The lowest BCUT2D eigenvalue weighted by Crippen LogP contribution is -2.45. The van der Waals surface area contributed by atoms with Gasteiger partial charge in [0.25, 0.3) is 0 Å². The van der Waals surface area contributed by atoms with Gasteiger partial charge in [0.15, 0.2) is 0 Å². The monoisotopic (exact) mass is 437 g/mol. The van der Waals surface area contributed by atoms with Gasteiger partial charge in [-0.15, -0.1) is 11.3 Å². The minimum absolute atomic E-state index is 0.327. The standard InChI is InChI=1S/C22H22F3NO3S/c1-14(2)20(27)29-13-21(3,22(23,24)25)12-28-17-7-6-15-9-18(30-19(15)10-17)16-5-4-8-26-11-16/h4-11,14H,12-13H2,1-3H3. The van der Waals surface area contributed by atoms with E-state index in [4.69, 9.17) is 9.47 Å². The molecule has 0 N–H and O–H groups in total. The number of thiophene rings is 1. The summed E-state index contributed by atoms with van der Waals surface area (Å²) < 4.78 is 52.1. The van der Waals surface area contributed by atoms with Crippen molar-refractivity contribution >= 4 is 27.4 Å². The molecule has 0 saturated heterocycles. The highest BCUT2D eigenvalue weighted by atomic mass is 32.1. The molecule has 2 heterocycles. The molecule has 0 saturated carbocycles. The van der Waals surface area contributed by atoms with Crippen LogP contribution in [0.1, 0.15) is 20.8 Å². The van der Waals surface area contributed by atoms with E-state index in [1.807, 2.05) is 24.3 Å². The van der Waals surface area contributed by atoms with Gasteiger partial charge in [0.1, 0.15) is 24.4 Å². The molecule has 0 spiro atoms. The molecule has 0 aliphatic carbocycles. The predicted octanol–water partition coefficient (Wildman–Crippen LogP) is 6.11. The van der Waals surface area contributed by atoms with Gasteiger partial charge >= 0.3 is 12.1 Å². The van der Waals surface area contributed by atoms with E-state index >= 15 is 0 Å². The van der Waals surface area contributed by atoms with E-state index in [1.165, 1.54) is 11.3 Å². The number of carbonyl (C=O) groups excluding carboxylic acids is 1. The van der Waals surface area contributed by atoms with E-state index in [1.54, 1.807) is 38.4 Å². The fourth-order valence-corrected chi connectivity index (χ4v) is 3.68. The highest BCUT2D eigenvalue weighted by Gasteiger charge is 2.53. The van der Waals surface area contributed by atoms with Crippen LogP contribution in [0.3, 0.4) is 0 Å². The molecule has 3 aromatic rings. The number of fused-ring (bicyclic) bond motifs is 1. The molecule has 160 valence electrons. The molecule has 4 nitrogen and oxygen atoms in total. The van der Waals surface area contributed by atoms with Crippen molar-refractivity contribution in [2.75, 3.05) is 13.2 Å². The molecule has 1 aromatic carbocycles. The third-order valence-corrected chi connectivity index (χ3v) is 5.83. The van der Waals surface area contributed by atoms with Crippen molar-refractivity contribution in [3.05, 3.63) is 48.8 Å². The van der Waals surface area contributed by atoms with Crippen LogP contribution in [-0.2, 0) is 9.53 Å². The molecule has 0 aliphatic heterocycles. The first-order valence-electron chi connectivity index (χ1n) is 9.39. The van der Waals surface area contributed by atoms with Gasteiger partial charge < -0.3 is 9.47 Å². The summed E-state index contributed by atoms with van der Waals surface area (Å²) in [4.78, 5) is 16.7. The zero-order valence-electron chi connectivity index (χ0n) is 16.8. The Balaban J connectivity index is 1.76. The lowest BCUT2D eigenvalue weighted by atomic mass is 9.92. The van der Waals surface area contributed by atoms with Crippen molar-refractivity contribution in [1.29, 1.82) is 0 Å². The van der Waals surface area contributed by atoms with Crippen molar-refractivity contribution < 1.29 is 27.4 Å². The minimum Gasteiger partial charge on any atom is -0.492 e. The summed E-state index contributed by atoms with van der Waals surface area (Å²) in [7, 11) is 0. The Hall–Kier alpha value is -2.61. The number of aromatic nitrogens is 1. The smallest absolute Gasteiger partial charge is 0.400 e. The van der Waals surface area contributed by atoms with E-state index in [9.17, 15) is 18.0 Å². The van der Waals surface area contributed by atoms with Crippen LogP contribution in [0.4, 0.5) is 13.2 Å². The topological polar surface area (TPSA) is 48.4 Å². The second-order valence-corrected chi connectivity index (χ2v) is 8.75. The summed E-state index contributed by atoms with van der Waals surface area (Å²) in [5, 5.41) is 0.968. The van der Waals surface area contributed by atoms with Gasteiger partial charge in [-0.1, -0.05) is 19.9 Å². The summed E-state index contributed by atoms with van der Waals surface area (Å²) in [5.41, 5.74) is -1.35. The Bertz CT molecular complexity index is 1020. The number of alkyl halides is 3. The van der Waals surface area contributed by atoms with Crippen LogP contribution in [0.2, 0.25) is 0 Å². The van der Waals surface area contributed by atoms with Crippen LogP contribution in [0.25, 0.3) is 20.5 Å². The van der Waals surface area contributed by atoms with Gasteiger partial charge in [-0.2, -0.15) is 13.2 Å². The quantitative estimate of drug-likeness (QED) is 0.419. The van der Waals surface area contributed by atoms with Gasteiger partial charge in [-0.25, -0.2) is 0 Å². The number of hydrogen-bond donors (Lipinski definition) is 0. The fourth-order valence-electron chi connectivity index (χ4n) is 2.60. The van der Waals surface area contributed by atoms with Crippen molar-refractivity contribution in [1.82, 2.24) is 4.98 Å². The highest BCUT2D eigenvalue weighted by Crippen LogP contribution is 2.40. The first-order valence-corrected chi connectivity index (χ1v) is 10.2. The van der Waals surface area contributed by atoms with E-state index in [0.29, 0.717) is 5.75 Å². The van der Waals surface area contributed by atoms with E-state index in [-0.39, 0.29) is 0 Å². The number of halogens is 3. The maximum Gasteiger partial charge on any atom is 0.400 e. The van der Waals surface area contributed by atoms with Crippen molar-refractivity contribution in [3.63, 3.8) is 0 Å². The zero-order valence-corrected chi connectivity index (χ0v) is 17.6. The maximum atomic E-state index is 13.6. The number of hydrogen-bond acceptors (Lipinski definition) is 5. The molecule has 0 fully saturated rings. The number of rotatable bonds is 7. The molecule has 0 radical (unpaired) electrons. The predicted molar refractivity (Wildman–Crippen MR) is 111 cm³/mol. The van der Waals surface area contributed by atoms with Crippen LogP contribution >= 0.6 is 11.3 Å². The number of ether oxygens (including phenoxy) is 2. The Morgan fingerprint density at radius 2 is 1.93 bits per heavy atom. The normalized spacial score (nSPS) is 14.0. The molecule has 0 bridgehead atoms. The largest absolute Gasteiger partial charge is 0.492 e. The van der Waals surface area contributed by atoms with Gasteiger partial charge in [-0.05, 0) is 42.6 Å². The molecular formula is C22H22F3NO3S. The Kier molecular flexibility index (Phi) is 6.36. The van der Waals surface area contributed by atoms with E-state index in [0.717, 1.165) is 27.5 Å². The van der Waals surface area contributed by atoms with Crippen molar-refractivity contribution in [2.24, 2.45) is 11.3 Å². The number of esters is 1. The first kappa shape index (κ1) is 22.1. The average Bonchev–Trinajstić information content (AvgIpc) is 3.13. The second kappa shape index (κ2) is 8.63. The summed E-state index contributed by atoms with van der Waals surface area (Å²) in [6.45, 7) is 2.68. The van der Waals surface area contributed by atoms with Crippen LogP contribution in [0, 0.1) is 11.3 Å². The lowest BCUT2D eigenvalue weighted by Gasteiger charge is -2.31. The molecule has 3 rings (SSSR count). The Morgan fingerprint density at radius 1 is 1.17 bits per heavy atom. The molecular weight excluding hydrogens is 415 g/mol. The third kappa shape index (κ3) is 4.92. The lowest BCUT2D eigenvalue weighted by molar-refractivity contribution is -0.241. The SMILES string of the molecule is CC(C)C(=O)OCC(C)(COc1ccc2cc(-c3cccnc3)sc2c1)C(F)(F)F. The van der Waals surface area contributed by atoms with Crippen LogP contribution in [-0.4, -0.2) is 30.3 Å². The molecule has 1 atom stereocenters. The molecule has 2 aromatic heterocycles. The molecule has 8 heteroatoms. The van der Waals surface area contributed by atoms with Crippen LogP contribution < -0.4 is 4.74 Å². The molecule has 0 aliphatic rings. The Morgan fingerprint density at radius 3 is 2.57 bits per heavy atom. The number of nitrogens with zero attached hydrogens (tertiary/aromatic N) is 1. The van der Waals surface area contributed by atoms with Gasteiger partial charge in [-0.3, -0.25) is 9.78 Å². The summed E-state index contributed by atoms with van der Waals surface area (Å²) in [6, 6.07) is 11.0. The average molecular weight is 437 g/mol. The van der Waals surface area contributed by atoms with Crippen molar-refractivity contribution in [2.45, 2.75) is 26.9 Å². The second-order valence-electron chi connectivity index (χ2n) is 7.66. The highest BCUT2D eigenvalue weighted by molar-refractivity contribution is 7.22. The first-order chi connectivity index (χ1) is 14.1. The van der Waals surface area contributed by atoms with Crippen LogP contribution in [0.15, 0.2) is 48.8 Å². The van der Waals surface area contributed by atoms with E-state index < -0.39 is 36.7 Å². The number of benzene rings is 1. The summed E-state index contributed by atoms with van der Waals surface area (Å²) in [6.07, 6.45) is -1.14. The van der Waals surface area contributed by atoms with Crippen molar-refractivity contribution in [3.8, 4) is 16.2 Å². The Labute approximate surface area is 176 Å². The van der Waals surface area contributed by atoms with Gasteiger partial charge in [0, 0.05) is 27.5 Å². The van der Waals surface area contributed by atoms with Crippen LogP contribution in [0.5, 0.6) is 5.75 Å². The summed E-state index contributed by atoms with van der Waals surface area (Å²) >= 11 is 1.51. The molecule has 1 unspecified atom stereocenters. The maximum absolute atomic E-state index is 13.6. The zero-order chi connectivity index (χ0) is 21.9. The van der Waals surface area contributed by atoms with Gasteiger partial charge in [0.2, 0.25) is 0 Å². The fraction of sp³-hybridized carbons (Fsp3) is 0.364. The third-order valence-electron chi connectivity index (χ3n) is 4.68. The van der Waals surface area contributed by atoms with Gasteiger partial charge in [0.05, 0.1) is 5.92 Å². The minimum atomic E-state index is -4.59. The number of carbonyl (C=O) groups is 1. The van der Waals surface area contributed by atoms with E-state index in [2.05, 4.69) is 4.98 Å². The molecule has 0 amide bonds.